The molecule has 0 aromatic heterocycles. The topological polar surface area (TPSA) is 29.1 Å². The lowest BCUT2D eigenvalue weighted by atomic mass is 9.73. The number of carbonyl (C=O) groups excluding carboxylic acids is 1. The summed E-state index contributed by atoms with van der Waals surface area (Å²) >= 11 is 2.05. The molecular weight excluding hydrogens is 182 g/mol. The number of hydrogen-bond donors (Lipinski definition) is 1. The van der Waals surface area contributed by atoms with Gasteiger partial charge in [-0.1, -0.05) is 6.92 Å². The molecule has 13 heavy (non-hydrogen) atoms. The van der Waals surface area contributed by atoms with Crippen LogP contribution in [-0.4, -0.2) is 24.0 Å². The van der Waals surface area contributed by atoms with Crippen LogP contribution in [0.1, 0.15) is 26.2 Å². The van der Waals surface area contributed by atoms with E-state index in [1.165, 1.54) is 24.3 Å². The highest BCUT2D eigenvalue weighted by Gasteiger charge is 2.40. The van der Waals surface area contributed by atoms with Gasteiger partial charge in [-0.15, -0.1) is 0 Å². The Kier molecular flexibility index (Phi) is 2.54. The molecule has 0 aromatic carbocycles. The van der Waals surface area contributed by atoms with Crippen molar-refractivity contribution in [1.82, 2.24) is 5.32 Å². The molecule has 2 nitrogen and oxygen atoms in total. The Balaban J connectivity index is 2.01. The molecule has 2 heterocycles. The molecular formula is C10H17NOS. The van der Waals surface area contributed by atoms with E-state index in [1.54, 1.807) is 0 Å². The fourth-order valence-electron chi connectivity index (χ4n) is 2.48. The molecule has 1 N–H and O–H groups in total. The number of hydrogen-bond acceptors (Lipinski definition) is 2. The van der Waals surface area contributed by atoms with Gasteiger partial charge in [0.2, 0.25) is 5.91 Å². The maximum Gasteiger partial charge on any atom is 0.220 e. The highest BCUT2D eigenvalue weighted by molar-refractivity contribution is 7.99. The fourth-order valence-corrected chi connectivity index (χ4v) is 3.58. The van der Waals surface area contributed by atoms with E-state index < -0.39 is 0 Å². The van der Waals surface area contributed by atoms with Crippen LogP contribution in [0.5, 0.6) is 0 Å². The summed E-state index contributed by atoms with van der Waals surface area (Å²) in [7, 11) is 0. The first-order chi connectivity index (χ1) is 6.21. The van der Waals surface area contributed by atoms with Gasteiger partial charge in [0.1, 0.15) is 0 Å². The first-order valence-electron chi connectivity index (χ1n) is 5.05. The van der Waals surface area contributed by atoms with Gasteiger partial charge in [0, 0.05) is 13.0 Å². The third-order valence-corrected chi connectivity index (χ3v) is 4.51. The second kappa shape index (κ2) is 3.52. The molecule has 74 valence electrons. The minimum Gasteiger partial charge on any atom is -0.356 e. The minimum absolute atomic E-state index is 0.251. The molecule has 2 fully saturated rings. The molecule has 2 rings (SSSR count). The van der Waals surface area contributed by atoms with Gasteiger partial charge in [-0.25, -0.2) is 0 Å². The zero-order valence-corrected chi connectivity index (χ0v) is 8.95. The van der Waals surface area contributed by atoms with Gasteiger partial charge < -0.3 is 5.32 Å². The van der Waals surface area contributed by atoms with Crippen LogP contribution in [0, 0.1) is 11.3 Å². The van der Waals surface area contributed by atoms with Crippen LogP contribution < -0.4 is 5.32 Å². The molecule has 2 aliphatic rings. The maximum atomic E-state index is 11.2. The van der Waals surface area contributed by atoms with Crippen LogP contribution in [0.4, 0.5) is 0 Å². The van der Waals surface area contributed by atoms with Crippen LogP contribution in [0.25, 0.3) is 0 Å². The Hall–Kier alpha value is -0.180. The van der Waals surface area contributed by atoms with Gasteiger partial charge in [0.25, 0.3) is 0 Å². The molecule has 2 aliphatic heterocycles. The molecule has 0 radical (unpaired) electrons. The average Bonchev–Trinajstić information content (AvgIpc) is 2.49. The Morgan fingerprint density at radius 1 is 1.46 bits per heavy atom. The van der Waals surface area contributed by atoms with Crippen molar-refractivity contribution in [3.8, 4) is 0 Å². The summed E-state index contributed by atoms with van der Waals surface area (Å²) in [6.07, 6.45) is 3.36. The second-order valence-corrected chi connectivity index (χ2v) is 5.72. The van der Waals surface area contributed by atoms with Crippen molar-refractivity contribution in [3.05, 3.63) is 0 Å². The first-order valence-corrected chi connectivity index (χ1v) is 6.21. The van der Waals surface area contributed by atoms with Crippen molar-refractivity contribution >= 4 is 17.7 Å². The zero-order chi connectivity index (χ0) is 9.31. The lowest BCUT2D eigenvalue weighted by Gasteiger charge is -2.35. The quantitative estimate of drug-likeness (QED) is 0.696. The van der Waals surface area contributed by atoms with Gasteiger partial charge in [0.15, 0.2) is 0 Å². The fraction of sp³-hybridized carbons (Fsp3) is 0.900. The van der Waals surface area contributed by atoms with Gasteiger partial charge >= 0.3 is 0 Å². The monoisotopic (exact) mass is 199 g/mol. The highest BCUT2D eigenvalue weighted by Crippen LogP contribution is 2.41. The summed E-state index contributed by atoms with van der Waals surface area (Å²) in [6.45, 7) is 3.17. The van der Waals surface area contributed by atoms with E-state index in [2.05, 4.69) is 24.0 Å². The Bertz CT molecular complexity index is 213. The highest BCUT2D eigenvalue weighted by atomic mass is 32.2. The van der Waals surface area contributed by atoms with Crippen molar-refractivity contribution in [1.29, 1.82) is 0 Å². The van der Waals surface area contributed by atoms with Crippen molar-refractivity contribution in [2.45, 2.75) is 26.2 Å². The molecule has 0 saturated carbocycles. The molecule has 3 heteroatoms. The molecule has 0 spiro atoms. The van der Waals surface area contributed by atoms with Gasteiger partial charge in [-0.2, -0.15) is 11.8 Å². The zero-order valence-electron chi connectivity index (χ0n) is 8.14. The minimum atomic E-state index is 0.251. The van der Waals surface area contributed by atoms with Crippen molar-refractivity contribution in [2.75, 3.05) is 18.1 Å². The molecule has 0 aliphatic carbocycles. The Morgan fingerprint density at radius 2 is 2.15 bits per heavy atom. The smallest absolute Gasteiger partial charge is 0.220 e. The normalized spacial score (nSPS) is 36.2. The van der Waals surface area contributed by atoms with E-state index in [-0.39, 0.29) is 11.3 Å². The molecule has 0 aromatic rings. The number of nitrogens with one attached hydrogen (secondary N) is 1. The van der Waals surface area contributed by atoms with Gasteiger partial charge in [-0.3, -0.25) is 4.79 Å². The van der Waals surface area contributed by atoms with Gasteiger partial charge in [0.05, 0.1) is 0 Å². The van der Waals surface area contributed by atoms with Crippen molar-refractivity contribution in [3.63, 3.8) is 0 Å². The average molecular weight is 199 g/mol. The van der Waals surface area contributed by atoms with Gasteiger partial charge in [-0.05, 0) is 35.7 Å². The van der Waals surface area contributed by atoms with Crippen molar-refractivity contribution < 1.29 is 4.79 Å². The molecule has 0 bridgehead atoms. The lowest BCUT2D eigenvalue weighted by Crippen LogP contribution is -2.32. The summed E-state index contributed by atoms with van der Waals surface area (Å²) in [5.74, 6) is 3.59. The largest absolute Gasteiger partial charge is 0.356 e. The van der Waals surface area contributed by atoms with E-state index >= 15 is 0 Å². The molecule has 1 atom stereocenters. The maximum absolute atomic E-state index is 11.2. The van der Waals surface area contributed by atoms with Crippen LogP contribution >= 0.6 is 11.8 Å². The summed E-state index contributed by atoms with van der Waals surface area (Å²) in [5, 5.41) is 2.96. The lowest BCUT2D eigenvalue weighted by molar-refractivity contribution is -0.119. The number of carbonyl (C=O) groups is 1. The molecule has 1 unspecified atom stereocenters. The summed E-state index contributed by atoms with van der Waals surface area (Å²) in [5.41, 5.74) is 0.262. The second-order valence-electron chi connectivity index (χ2n) is 4.49. The van der Waals surface area contributed by atoms with E-state index in [0.717, 1.165) is 18.9 Å². The van der Waals surface area contributed by atoms with E-state index in [1.807, 2.05) is 0 Å². The van der Waals surface area contributed by atoms with Crippen LogP contribution in [0.15, 0.2) is 0 Å². The van der Waals surface area contributed by atoms with E-state index in [0.29, 0.717) is 0 Å². The SMILES string of the molecule is CC1(C2CCSCC2)CNC(=O)C1. The number of rotatable bonds is 1. The Labute approximate surface area is 83.8 Å². The molecule has 2 saturated heterocycles. The summed E-state index contributed by atoms with van der Waals surface area (Å²) in [6, 6.07) is 0. The van der Waals surface area contributed by atoms with Crippen molar-refractivity contribution in [2.24, 2.45) is 11.3 Å². The summed E-state index contributed by atoms with van der Waals surface area (Å²) in [4.78, 5) is 11.2. The van der Waals surface area contributed by atoms with Crippen LogP contribution in [-0.2, 0) is 4.79 Å². The predicted molar refractivity (Wildman–Crippen MR) is 55.8 cm³/mol. The van der Waals surface area contributed by atoms with E-state index in [9.17, 15) is 4.79 Å². The number of amides is 1. The summed E-state index contributed by atoms with van der Waals surface area (Å²) < 4.78 is 0. The predicted octanol–water partition coefficient (Wildman–Crippen LogP) is 1.66. The standard InChI is InChI=1S/C10H17NOS/c1-10(6-9(12)11-7-10)8-2-4-13-5-3-8/h8H,2-7H2,1H3,(H,11,12). The van der Waals surface area contributed by atoms with Crippen LogP contribution in [0.2, 0.25) is 0 Å². The first kappa shape index (κ1) is 9.38. The third-order valence-electron chi connectivity index (χ3n) is 3.46. The van der Waals surface area contributed by atoms with E-state index in [4.69, 9.17) is 0 Å². The number of thioether (sulfide) groups is 1. The third kappa shape index (κ3) is 1.85. The van der Waals surface area contributed by atoms with Crippen LogP contribution in [0.3, 0.4) is 0 Å². The Morgan fingerprint density at radius 3 is 2.69 bits per heavy atom. The molecule has 1 amide bonds.